The standard InChI is InChI=1S/C22H26N6O3S/c1-3-22(18(29)30)7-9-27(10-8-22)20-24-12-15(13-25-20)14-5-6-17-16(11-14)26-21(32-17)28(4-2)19(23)31/h5-6,11-13H,3-4,7-10H2,1-2H3,(H2,23,31)(H,29,30). The van der Waals surface area contributed by atoms with E-state index in [1.54, 1.807) is 12.4 Å². The molecule has 0 radical (unpaired) electrons. The molecule has 168 valence electrons. The van der Waals surface area contributed by atoms with Gasteiger partial charge in [-0.2, -0.15) is 0 Å². The lowest BCUT2D eigenvalue weighted by atomic mass is 9.76. The Balaban J connectivity index is 1.52. The first-order valence-corrected chi connectivity index (χ1v) is 11.5. The summed E-state index contributed by atoms with van der Waals surface area (Å²) in [5, 5.41) is 10.2. The molecule has 1 saturated heterocycles. The molecule has 32 heavy (non-hydrogen) atoms. The van der Waals surface area contributed by atoms with Gasteiger partial charge in [0.15, 0.2) is 5.13 Å². The number of carboxylic acid groups (broad SMARTS) is 1. The van der Waals surface area contributed by atoms with Crippen molar-refractivity contribution in [2.45, 2.75) is 33.1 Å². The molecule has 9 nitrogen and oxygen atoms in total. The predicted molar refractivity (Wildman–Crippen MR) is 125 cm³/mol. The number of nitrogens with two attached hydrogens (primary N) is 1. The molecule has 3 N–H and O–H groups in total. The highest BCUT2D eigenvalue weighted by atomic mass is 32.1. The third-order valence-electron chi connectivity index (χ3n) is 6.29. The van der Waals surface area contributed by atoms with Gasteiger partial charge < -0.3 is 15.7 Å². The number of nitrogens with zero attached hydrogens (tertiary/aromatic N) is 5. The highest BCUT2D eigenvalue weighted by molar-refractivity contribution is 7.22. The lowest BCUT2D eigenvalue weighted by Gasteiger charge is -2.38. The molecule has 10 heteroatoms. The average molecular weight is 455 g/mol. The number of carbonyl (C=O) groups excluding carboxylic acids is 1. The minimum Gasteiger partial charge on any atom is -0.481 e. The van der Waals surface area contributed by atoms with Crippen molar-refractivity contribution in [3.63, 3.8) is 0 Å². The van der Waals surface area contributed by atoms with Crippen molar-refractivity contribution in [1.29, 1.82) is 0 Å². The maximum Gasteiger partial charge on any atom is 0.321 e. The molecule has 1 fully saturated rings. The SMILES string of the molecule is CCN(C(N)=O)c1nc2cc(-c3cnc(N4CCC(CC)(C(=O)O)CC4)nc3)ccc2s1. The normalized spacial score (nSPS) is 15.6. The van der Waals surface area contributed by atoms with Crippen LogP contribution in [0.3, 0.4) is 0 Å². The van der Waals surface area contributed by atoms with E-state index in [0.29, 0.717) is 50.0 Å². The minimum absolute atomic E-state index is 0.458. The molecule has 4 rings (SSSR count). The fourth-order valence-electron chi connectivity index (χ4n) is 4.08. The maximum absolute atomic E-state index is 11.7. The van der Waals surface area contributed by atoms with Crippen molar-refractivity contribution in [2.24, 2.45) is 11.1 Å². The Morgan fingerprint density at radius 2 is 1.88 bits per heavy atom. The van der Waals surface area contributed by atoms with Gasteiger partial charge in [0.1, 0.15) is 0 Å². The van der Waals surface area contributed by atoms with E-state index in [1.165, 1.54) is 16.2 Å². The number of amides is 2. The topological polar surface area (TPSA) is 126 Å². The molecular formula is C22H26N6O3S. The Morgan fingerprint density at radius 1 is 1.19 bits per heavy atom. The lowest BCUT2D eigenvalue weighted by Crippen LogP contribution is -2.44. The summed E-state index contributed by atoms with van der Waals surface area (Å²) >= 11 is 1.42. The van der Waals surface area contributed by atoms with Crippen molar-refractivity contribution in [3.05, 3.63) is 30.6 Å². The fourth-order valence-corrected chi connectivity index (χ4v) is 5.10. The monoisotopic (exact) mass is 454 g/mol. The van der Waals surface area contributed by atoms with Crippen LogP contribution >= 0.6 is 11.3 Å². The molecule has 1 aliphatic rings. The Hall–Kier alpha value is -3.27. The van der Waals surface area contributed by atoms with Gasteiger partial charge in [-0.25, -0.2) is 19.7 Å². The molecule has 2 aromatic heterocycles. The van der Waals surface area contributed by atoms with Crippen LogP contribution in [0.25, 0.3) is 21.3 Å². The molecule has 0 saturated carbocycles. The third kappa shape index (κ3) is 3.97. The number of carboxylic acids is 1. The van der Waals surface area contributed by atoms with Gasteiger partial charge in [0.25, 0.3) is 0 Å². The first-order chi connectivity index (χ1) is 15.4. The summed E-state index contributed by atoms with van der Waals surface area (Å²) in [6, 6.07) is 5.38. The van der Waals surface area contributed by atoms with Gasteiger partial charge in [-0.15, -0.1) is 0 Å². The number of piperidine rings is 1. The van der Waals surface area contributed by atoms with Crippen LogP contribution in [0.1, 0.15) is 33.1 Å². The second kappa shape index (κ2) is 8.70. The molecule has 0 spiro atoms. The second-order valence-corrected chi connectivity index (χ2v) is 8.97. The molecular weight excluding hydrogens is 428 g/mol. The lowest BCUT2D eigenvalue weighted by molar-refractivity contribution is -0.150. The highest BCUT2D eigenvalue weighted by Gasteiger charge is 2.40. The summed E-state index contributed by atoms with van der Waals surface area (Å²) in [4.78, 5) is 40.4. The van der Waals surface area contributed by atoms with Crippen LogP contribution in [0.15, 0.2) is 30.6 Å². The highest BCUT2D eigenvalue weighted by Crippen LogP contribution is 2.36. The molecule has 0 aliphatic carbocycles. The van der Waals surface area contributed by atoms with Crippen LogP contribution in [0, 0.1) is 5.41 Å². The van der Waals surface area contributed by atoms with Gasteiger partial charge in [0, 0.05) is 37.6 Å². The number of aliphatic carboxylic acids is 1. The Labute approximate surface area is 189 Å². The van der Waals surface area contributed by atoms with Crippen molar-refractivity contribution in [1.82, 2.24) is 15.0 Å². The molecule has 3 aromatic rings. The predicted octanol–water partition coefficient (Wildman–Crippen LogP) is 3.74. The summed E-state index contributed by atoms with van der Waals surface area (Å²) in [6.07, 6.45) is 5.36. The Morgan fingerprint density at radius 3 is 2.44 bits per heavy atom. The largest absolute Gasteiger partial charge is 0.481 e. The van der Waals surface area contributed by atoms with Crippen molar-refractivity contribution in [2.75, 3.05) is 29.4 Å². The zero-order valence-electron chi connectivity index (χ0n) is 18.1. The maximum atomic E-state index is 11.7. The summed E-state index contributed by atoms with van der Waals surface area (Å²) < 4.78 is 0.965. The van der Waals surface area contributed by atoms with E-state index in [1.807, 2.05) is 36.9 Å². The van der Waals surface area contributed by atoms with E-state index in [-0.39, 0.29) is 0 Å². The van der Waals surface area contributed by atoms with Crippen molar-refractivity contribution < 1.29 is 14.7 Å². The summed E-state index contributed by atoms with van der Waals surface area (Å²) in [5.41, 5.74) is 7.37. The number of urea groups is 1. The molecule has 0 unspecified atom stereocenters. The van der Waals surface area contributed by atoms with E-state index < -0.39 is 17.4 Å². The van der Waals surface area contributed by atoms with Crippen LogP contribution in [0.5, 0.6) is 0 Å². The van der Waals surface area contributed by atoms with E-state index >= 15 is 0 Å². The molecule has 3 heterocycles. The van der Waals surface area contributed by atoms with E-state index in [9.17, 15) is 14.7 Å². The number of aromatic nitrogens is 3. The zero-order chi connectivity index (χ0) is 22.9. The number of hydrogen-bond acceptors (Lipinski definition) is 7. The molecule has 1 aliphatic heterocycles. The zero-order valence-corrected chi connectivity index (χ0v) is 18.9. The van der Waals surface area contributed by atoms with Crippen LogP contribution in [0.2, 0.25) is 0 Å². The third-order valence-corrected chi connectivity index (χ3v) is 7.35. The average Bonchev–Trinajstić information content (AvgIpc) is 3.22. The first-order valence-electron chi connectivity index (χ1n) is 10.6. The number of hydrogen-bond donors (Lipinski definition) is 2. The Kier molecular flexibility index (Phi) is 5.96. The molecule has 2 amide bonds. The van der Waals surface area contributed by atoms with E-state index in [0.717, 1.165) is 21.3 Å². The second-order valence-electron chi connectivity index (χ2n) is 7.96. The van der Waals surface area contributed by atoms with Gasteiger partial charge in [0.2, 0.25) is 5.95 Å². The number of anilines is 2. The summed E-state index contributed by atoms with van der Waals surface area (Å²) in [5.74, 6) is -0.102. The van der Waals surface area contributed by atoms with Gasteiger partial charge in [-0.1, -0.05) is 24.3 Å². The van der Waals surface area contributed by atoms with Crippen LogP contribution < -0.4 is 15.5 Å². The molecule has 0 bridgehead atoms. The van der Waals surface area contributed by atoms with Gasteiger partial charge >= 0.3 is 12.0 Å². The Bertz CT molecular complexity index is 1140. The van der Waals surface area contributed by atoms with Crippen LogP contribution in [0.4, 0.5) is 15.9 Å². The quantitative estimate of drug-likeness (QED) is 0.581. The van der Waals surface area contributed by atoms with Gasteiger partial charge in [-0.05, 0) is 43.9 Å². The number of fused-ring (bicyclic) bond motifs is 1. The molecule has 1 aromatic carbocycles. The smallest absolute Gasteiger partial charge is 0.321 e. The minimum atomic E-state index is -0.714. The van der Waals surface area contributed by atoms with E-state index in [2.05, 4.69) is 15.0 Å². The summed E-state index contributed by atoms with van der Waals surface area (Å²) in [6.45, 7) is 5.50. The number of rotatable bonds is 6. The van der Waals surface area contributed by atoms with E-state index in [4.69, 9.17) is 5.73 Å². The number of benzene rings is 1. The fraction of sp³-hybridized carbons (Fsp3) is 0.409. The summed E-state index contributed by atoms with van der Waals surface area (Å²) in [7, 11) is 0. The first kappa shape index (κ1) is 21.9. The molecule has 0 atom stereocenters. The van der Waals surface area contributed by atoms with Crippen molar-refractivity contribution in [3.8, 4) is 11.1 Å². The number of primary amides is 1. The van der Waals surface area contributed by atoms with Crippen molar-refractivity contribution >= 4 is 44.6 Å². The van der Waals surface area contributed by atoms with Gasteiger partial charge in [0.05, 0.1) is 15.6 Å². The van der Waals surface area contributed by atoms with Crippen LogP contribution in [-0.2, 0) is 4.79 Å². The number of carbonyl (C=O) groups is 2. The van der Waals surface area contributed by atoms with Crippen LogP contribution in [-0.4, -0.2) is 51.7 Å². The van der Waals surface area contributed by atoms with Gasteiger partial charge in [-0.3, -0.25) is 9.69 Å². The number of thiazole rings is 1.